The first-order valence-electron chi connectivity index (χ1n) is 3.38. The molecule has 62 valence electrons. The molecule has 0 aliphatic rings. The third-order valence-electron chi connectivity index (χ3n) is 1.71. The van der Waals surface area contributed by atoms with Crippen LogP contribution in [0.2, 0.25) is 0 Å². The normalized spacial score (nSPS) is 10.8. The van der Waals surface area contributed by atoms with Crippen molar-refractivity contribution < 1.29 is 0 Å². The molecule has 0 saturated carbocycles. The molecule has 0 saturated heterocycles. The molecular formula is C7H6BrN3O. The molecule has 0 fully saturated rings. The minimum atomic E-state index is -0.0642. The number of imidazole rings is 1. The number of pyridine rings is 1. The van der Waals surface area contributed by atoms with Gasteiger partial charge in [-0.25, -0.2) is 4.98 Å². The minimum Gasteiger partial charge on any atom is -0.340 e. The summed E-state index contributed by atoms with van der Waals surface area (Å²) in [5.74, 6) is 0. The highest BCUT2D eigenvalue weighted by atomic mass is 79.9. The molecule has 0 aliphatic carbocycles. The minimum absolute atomic E-state index is 0.0642. The summed E-state index contributed by atoms with van der Waals surface area (Å²) in [6.45, 7) is 0. The van der Waals surface area contributed by atoms with Crippen LogP contribution in [-0.2, 0) is 7.05 Å². The Balaban J connectivity index is 3.07. The number of hydrogen-bond donors (Lipinski definition) is 1. The maximum absolute atomic E-state index is 11.4. The van der Waals surface area contributed by atoms with Crippen molar-refractivity contribution in [1.82, 2.24) is 14.5 Å². The van der Waals surface area contributed by atoms with Crippen LogP contribution in [0.25, 0.3) is 11.0 Å². The molecule has 0 spiro atoms. The number of H-pyrrole nitrogens is 1. The van der Waals surface area contributed by atoms with Crippen molar-refractivity contribution in [3.05, 3.63) is 27.4 Å². The molecule has 2 rings (SSSR count). The lowest BCUT2D eigenvalue weighted by Crippen LogP contribution is -2.16. The SMILES string of the molecule is Cn1cc(Br)c2nc[nH]c2c1=O. The molecule has 5 heteroatoms. The van der Waals surface area contributed by atoms with Gasteiger partial charge in [-0.1, -0.05) is 0 Å². The maximum atomic E-state index is 11.4. The van der Waals surface area contributed by atoms with Gasteiger partial charge >= 0.3 is 0 Å². The van der Waals surface area contributed by atoms with Crippen molar-refractivity contribution in [3.8, 4) is 0 Å². The molecule has 4 nitrogen and oxygen atoms in total. The van der Waals surface area contributed by atoms with Crippen LogP contribution in [0.1, 0.15) is 0 Å². The summed E-state index contributed by atoms with van der Waals surface area (Å²) in [6.07, 6.45) is 3.21. The number of hydrogen-bond acceptors (Lipinski definition) is 2. The topological polar surface area (TPSA) is 50.7 Å². The molecule has 0 radical (unpaired) electrons. The van der Waals surface area contributed by atoms with Gasteiger partial charge < -0.3 is 9.55 Å². The van der Waals surface area contributed by atoms with Crippen LogP contribution < -0.4 is 5.56 Å². The van der Waals surface area contributed by atoms with E-state index in [4.69, 9.17) is 0 Å². The standard InChI is InChI=1S/C7H6BrN3O/c1-11-2-4(8)5-6(7(11)12)10-3-9-5/h2-3H,1H3,(H,9,10). The van der Waals surface area contributed by atoms with Gasteiger partial charge in [0.25, 0.3) is 5.56 Å². The Kier molecular flexibility index (Phi) is 1.54. The first-order valence-corrected chi connectivity index (χ1v) is 4.17. The molecule has 2 heterocycles. The molecule has 0 aliphatic heterocycles. The number of rotatable bonds is 0. The molecule has 2 aromatic heterocycles. The summed E-state index contributed by atoms with van der Waals surface area (Å²) in [6, 6.07) is 0. The molecular weight excluding hydrogens is 222 g/mol. The zero-order chi connectivity index (χ0) is 8.72. The second-order valence-electron chi connectivity index (χ2n) is 2.52. The lowest BCUT2D eigenvalue weighted by Gasteiger charge is -1.97. The molecule has 0 bridgehead atoms. The Morgan fingerprint density at radius 2 is 2.42 bits per heavy atom. The van der Waals surface area contributed by atoms with Crippen molar-refractivity contribution >= 4 is 27.0 Å². The monoisotopic (exact) mass is 227 g/mol. The Labute approximate surface area is 76.4 Å². The molecule has 0 atom stereocenters. The predicted molar refractivity (Wildman–Crippen MR) is 49.0 cm³/mol. The van der Waals surface area contributed by atoms with Crippen LogP contribution in [-0.4, -0.2) is 14.5 Å². The Bertz CT molecular complexity index is 485. The van der Waals surface area contributed by atoms with Crippen molar-refractivity contribution in [2.75, 3.05) is 0 Å². The number of halogens is 1. The van der Waals surface area contributed by atoms with E-state index in [0.29, 0.717) is 11.0 Å². The second-order valence-corrected chi connectivity index (χ2v) is 3.37. The first kappa shape index (κ1) is 7.54. The van der Waals surface area contributed by atoms with Gasteiger partial charge in [0.05, 0.1) is 10.8 Å². The highest BCUT2D eigenvalue weighted by Gasteiger charge is 2.06. The van der Waals surface area contributed by atoms with E-state index in [-0.39, 0.29) is 5.56 Å². The molecule has 0 unspecified atom stereocenters. The van der Waals surface area contributed by atoms with Gasteiger partial charge in [0.2, 0.25) is 0 Å². The smallest absolute Gasteiger partial charge is 0.276 e. The fourth-order valence-electron chi connectivity index (χ4n) is 1.10. The van der Waals surface area contributed by atoms with E-state index in [2.05, 4.69) is 25.9 Å². The fraction of sp³-hybridized carbons (Fsp3) is 0.143. The summed E-state index contributed by atoms with van der Waals surface area (Å²) >= 11 is 3.32. The third kappa shape index (κ3) is 0.896. The molecule has 1 N–H and O–H groups in total. The number of aromatic amines is 1. The second kappa shape index (κ2) is 2.45. The molecule has 12 heavy (non-hydrogen) atoms. The highest BCUT2D eigenvalue weighted by Crippen LogP contribution is 2.16. The van der Waals surface area contributed by atoms with E-state index < -0.39 is 0 Å². The lowest BCUT2D eigenvalue weighted by molar-refractivity contribution is 0.866. The van der Waals surface area contributed by atoms with Gasteiger partial charge in [0.15, 0.2) is 0 Å². The van der Waals surface area contributed by atoms with Crippen LogP contribution >= 0.6 is 15.9 Å². The zero-order valence-electron chi connectivity index (χ0n) is 6.34. The largest absolute Gasteiger partial charge is 0.340 e. The molecule has 2 aromatic rings. The van der Waals surface area contributed by atoms with Crippen molar-refractivity contribution in [2.45, 2.75) is 0 Å². The van der Waals surface area contributed by atoms with Crippen LogP contribution in [0, 0.1) is 0 Å². The summed E-state index contributed by atoms with van der Waals surface area (Å²) in [5, 5.41) is 0. The Hall–Kier alpha value is -1.10. The van der Waals surface area contributed by atoms with Crippen LogP contribution in [0.4, 0.5) is 0 Å². The maximum Gasteiger partial charge on any atom is 0.276 e. The van der Waals surface area contributed by atoms with Crippen LogP contribution in [0.15, 0.2) is 21.8 Å². The average Bonchev–Trinajstić information content (AvgIpc) is 2.48. The summed E-state index contributed by atoms with van der Waals surface area (Å²) < 4.78 is 2.32. The van der Waals surface area contributed by atoms with Crippen molar-refractivity contribution in [1.29, 1.82) is 0 Å². The van der Waals surface area contributed by atoms with Gasteiger partial charge in [-0.3, -0.25) is 4.79 Å². The number of fused-ring (bicyclic) bond motifs is 1. The number of aromatic nitrogens is 3. The third-order valence-corrected chi connectivity index (χ3v) is 2.29. The Morgan fingerprint density at radius 3 is 3.17 bits per heavy atom. The van der Waals surface area contributed by atoms with E-state index >= 15 is 0 Å². The van der Waals surface area contributed by atoms with Gasteiger partial charge in [0, 0.05) is 13.2 Å². The molecule has 0 amide bonds. The van der Waals surface area contributed by atoms with Gasteiger partial charge in [-0.05, 0) is 15.9 Å². The van der Waals surface area contributed by atoms with Crippen molar-refractivity contribution in [2.24, 2.45) is 7.05 Å². The number of aryl methyl sites for hydroxylation is 1. The quantitative estimate of drug-likeness (QED) is 0.731. The van der Waals surface area contributed by atoms with Gasteiger partial charge in [-0.2, -0.15) is 0 Å². The van der Waals surface area contributed by atoms with Crippen LogP contribution in [0.5, 0.6) is 0 Å². The van der Waals surface area contributed by atoms with E-state index in [0.717, 1.165) is 4.47 Å². The fourth-order valence-corrected chi connectivity index (χ4v) is 1.71. The lowest BCUT2D eigenvalue weighted by atomic mass is 10.4. The summed E-state index contributed by atoms with van der Waals surface area (Å²) in [5.41, 5.74) is 1.15. The molecule has 0 aromatic carbocycles. The first-order chi connectivity index (χ1) is 5.70. The summed E-state index contributed by atoms with van der Waals surface area (Å²) in [7, 11) is 1.70. The van der Waals surface area contributed by atoms with Crippen LogP contribution in [0.3, 0.4) is 0 Å². The van der Waals surface area contributed by atoms with Gasteiger partial charge in [-0.15, -0.1) is 0 Å². The predicted octanol–water partition coefficient (Wildman–Crippen LogP) is 1.02. The van der Waals surface area contributed by atoms with Crippen molar-refractivity contribution in [3.63, 3.8) is 0 Å². The number of nitrogens with one attached hydrogen (secondary N) is 1. The summed E-state index contributed by atoms with van der Waals surface area (Å²) in [4.78, 5) is 18.2. The van der Waals surface area contributed by atoms with E-state index in [1.165, 1.54) is 10.9 Å². The highest BCUT2D eigenvalue weighted by molar-refractivity contribution is 9.10. The average molecular weight is 228 g/mol. The van der Waals surface area contributed by atoms with E-state index in [1.807, 2.05) is 0 Å². The van der Waals surface area contributed by atoms with E-state index in [1.54, 1.807) is 13.2 Å². The Morgan fingerprint density at radius 1 is 1.67 bits per heavy atom. The van der Waals surface area contributed by atoms with E-state index in [9.17, 15) is 4.79 Å². The number of nitrogens with zero attached hydrogens (tertiary/aromatic N) is 2. The van der Waals surface area contributed by atoms with Gasteiger partial charge in [0.1, 0.15) is 11.0 Å². The zero-order valence-corrected chi connectivity index (χ0v) is 7.92.